The van der Waals surface area contributed by atoms with Gasteiger partial charge in [0.25, 0.3) is 0 Å². The number of ether oxygens (including phenoxy) is 2. The highest BCUT2D eigenvalue weighted by molar-refractivity contribution is 7.90. The van der Waals surface area contributed by atoms with Crippen LogP contribution in [0.2, 0.25) is 0 Å². The van der Waals surface area contributed by atoms with Crippen LogP contribution in [0.4, 0.5) is 5.69 Å². The molecule has 112 valence electrons. The Hall–Kier alpha value is -1.51. The lowest BCUT2D eigenvalue weighted by Crippen LogP contribution is -2.48. The van der Waals surface area contributed by atoms with Gasteiger partial charge in [-0.05, 0) is 12.1 Å². The maximum absolute atomic E-state index is 12.2. The molecule has 0 unspecified atom stereocenters. The molecule has 1 fully saturated rings. The molecule has 1 aromatic rings. The molecule has 2 N–H and O–H groups in total. The number of nitrogens with zero attached hydrogens (tertiary/aromatic N) is 1. The van der Waals surface area contributed by atoms with Crippen LogP contribution in [0.1, 0.15) is 0 Å². The van der Waals surface area contributed by atoms with E-state index in [9.17, 15) is 8.42 Å². The van der Waals surface area contributed by atoms with E-state index in [0.29, 0.717) is 43.4 Å². The molecule has 1 saturated heterocycles. The molecule has 0 radical (unpaired) electrons. The molecule has 0 aliphatic carbocycles. The van der Waals surface area contributed by atoms with Crippen molar-refractivity contribution >= 4 is 15.9 Å². The third-order valence-electron chi connectivity index (χ3n) is 3.05. The maximum atomic E-state index is 12.2. The van der Waals surface area contributed by atoms with E-state index in [1.807, 2.05) is 0 Å². The van der Waals surface area contributed by atoms with Crippen molar-refractivity contribution in [2.75, 3.05) is 45.1 Å². The van der Waals surface area contributed by atoms with Gasteiger partial charge in [-0.1, -0.05) is 0 Å². The monoisotopic (exact) mass is 301 g/mol. The first-order chi connectivity index (χ1) is 9.56. The van der Waals surface area contributed by atoms with Crippen molar-refractivity contribution in [1.82, 2.24) is 9.62 Å². The van der Waals surface area contributed by atoms with Gasteiger partial charge in [-0.2, -0.15) is 12.7 Å². The van der Waals surface area contributed by atoms with E-state index in [0.717, 1.165) is 0 Å². The summed E-state index contributed by atoms with van der Waals surface area (Å²) in [5.74, 6) is 1.03. The van der Waals surface area contributed by atoms with Gasteiger partial charge in [0.15, 0.2) is 11.5 Å². The van der Waals surface area contributed by atoms with Gasteiger partial charge >= 0.3 is 10.2 Å². The lowest BCUT2D eigenvalue weighted by Gasteiger charge is -2.27. The number of benzene rings is 1. The van der Waals surface area contributed by atoms with Crippen molar-refractivity contribution in [3.05, 3.63) is 18.2 Å². The Morgan fingerprint density at radius 2 is 1.80 bits per heavy atom. The molecule has 1 heterocycles. The van der Waals surface area contributed by atoms with Crippen molar-refractivity contribution in [3.8, 4) is 11.5 Å². The van der Waals surface area contributed by atoms with E-state index in [2.05, 4.69) is 10.0 Å². The second-order valence-electron chi connectivity index (χ2n) is 4.33. The number of piperazine rings is 1. The number of rotatable bonds is 5. The summed E-state index contributed by atoms with van der Waals surface area (Å²) in [5.41, 5.74) is 0.446. The van der Waals surface area contributed by atoms with Gasteiger partial charge in [-0.15, -0.1) is 0 Å². The minimum atomic E-state index is -3.53. The molecule has 2 rings (SSSR count). The summed E-state index contributed by atoms with van der Waals surface area (Å²) in [6.45, 7) is 2.24. The second kappa shape index (κ2) is 6.29. The number of hydrogen-bond donors (Lipinski definition) is 2. The second-order valence-corrected chi connectivity index (χ2v) is 6.00. The average molecular weight is 301 g/mol. The highest BCUT2D eigenvalue weighted by atomic mass is 32.2. The Labute approximate surface area is 119 Å². The third kappa shape index (κ3) is 3.33. The normalized spacial score (nSPS) is 16.7. The first-order valence-electron chi connectivity index (χ1n) is 6.27. The van der Waals surface area contributed by atoms with Crippen molar-refractivity contribution in [3.63, 3.8) is 0 Å². The molecule has 0 atom stereocenters. The lowest BCUT2D eigenvalue weighted by molar-refractivity contribution is 0.355. The Kier molecular flexibility index (Phi) is 4.69. The lowest BCUT2D eigenvalue weighted by atomic mass is 10.3. The molecule has 0 spiro atoms. The van der Waals surface area contributed by atoms with E-state index in [1.165, 1.54) is 18.5 Å². The molecule has 1 aliphatic heterocycles. The van der Waals surface area contributed by atoms with E-state index in [1.54, 1.807) is 18.2 Å². The van der Waals surface area contributed by atoms with Gasteiger partial charge in [-0.3, -0.25) is 4.72 Å². The molecule has 0 amide bonds. The fourth-order valence-electron chi connectivity index (χ4n) is 2.00. The van der Waals surface area contributed by atoms with Gasteiger partial charge in [0.1, 0.15) is 0 Å². The Balaban J connectivity index is 2.16. The average Bonchev–Trinajstić information content (AvgIpc) is 2.47. The Bertz CT molecular complexity index is 556. The minimum Gasteiger partial charge on any atom is -0.493 e. The van der Waals surface area contributed by atoms with Gasteiger partial charge in [0, 0.05) is 32.2 Å². The zero-order valence-corrected chi connectivity index (χ0v) is 12.4. The van der Waals surface area contributed by atoms with Crippen LogP contribution in [0, 0.1) is 0 Å². The van der Waals surface area contributed by atoms with Crippen molar-refractivity contribution in [2.24, 2.45) is 0 Å². The highest BCUT2D eigenvalue weighted by Crippen LogP contribution is 2.30. The Morgan fingerprint density at radius 1 is 1.15 bits per heavy atom. The van der Waals surface area contributed by atoms with E-state index < -0.39 is 10.2 Å². The van der Waals surface area contributed by atoms with Crippen LogP contribution in [-0.2, 0) is 10.2 Å². The zero-order valence-electron chi connectivity index (χ0n) is 11.5. The van der Waals surface area contributed by atoms with E-state index >= 15 is 0 Å². The molecule has 1 aliphatic rings. The van der Waals surface area contributed by atoms with Crippen LogP contribution >= 0.6 is 0 Å². The first kappa shape index (κ1) is 14.9. The predicted molar refractivity (Wildman–Crippen MR) is 76.5 cm³/mol. The summed E-state index contributed by atoms with van der Waals surface area (Å²) in [7, 11) is -0.497. The minimum absolute atomic E-state index is 0.446. The number of nitrogens with one attached hydrogen (secondary N) is 2. The largest absolute Gasteiger partial charge is 0.493 e. The number of anilines is 1. The van der Waals surface area contributed by atoms with Crippen LogP contribution in [0.3, 0.4) is 0 Å². The van der Waals surface area contributed by atoms with Gasteiger partial charge in [-0.25, -0.2) is 0 Å². The molecule has 8 heteroatoms. The highest BCUT2D eigenvalue weighted by Gasteiger charge is 2.23. The van der Waals surface area contributed by atoms with E-state index in [-0.39, 0.29) is 0 Å². The standard InChI is InChI=1S/C12H19N3O4S/c1-18-11-4-3-10(9-12(11)19-2)14-20(16,17)15-7-5-13-6-8-15/h3-4,9,13-14H,5-8H2,1-2H3. The summed E-state index contributed by atoms with van der Waals surface area (Å²) in [6, 6.07) is 4.90. The van der Waals surface area contributed by atoms with Gasteiger partial charge in [0.2, 0.25) is 0 Å². The molecule has 1 aromatic carbocycles. The number of hydrogen-bond acceptors (Lipinski definition) is 5. The number of methoxy groups -OCH3 is 2. The molecular weight excluding hydrogens is 282 g/mol. The van der Waals surface area contributed by atoms with Crippen LogP contribution < -0.4 is 19.5 Å². The molecule has 0 aromatic heterocycles. The summed E-state index contributed by atoms with van der Waals surface area (Å²) >= 11 is 0. The fourth-order valence-corrected chi connectivity index (χ4v) is 3.22. The smallest absolute Gasteiger partial charge is 0.301 e. The van der Waals surface area contributed by atoms with Crippen molar-refractivity contribution < 1.29 is 17.9 Å². The quantitative estimate of drug-likeness (QED) is 0.816. The van der Waals surface area contributed by atoms with Crippen molar-refractivity contribution in [1.29, 1.82) is 0 Å². The van der Waals surface area contributed by atoms with Crippen LogP contribution in [0.5, 0.6) is 11.5 Å². The molecule has 0 saturated carbocycles. The van der Waals surface area contributed by atoms with Gasteiger partial charge in [0.05, 0.1) is 19.9 Å². The summed E-state index contributed by atoms with van der Waals surface area (Å²) in [4.78, 5) is 0. The van der Waals surface area contributed by atoms with E-state index in [4.69, 9.17) is 9.47 Å². The molecule has 0 bridgehead atoms. The third-order valence-corrected chi connectivity index (χ3v) is 4.58. The zero-order chi connectivity index (χ0) is 14.6. The Morgan fingerprint density at radius 3 is 2.40 bits per heavy atom. The molecule has 7 nitrogen and oxygen atoms in total. The summed E-state index contributed by atoms with van der Waals surface area (Å²) < 4.78 is 38.7. The summed E-state index contributed by atoms with van der Waals surface area (Å²) in [6.07, 6.45) is 0. The SMILES string of the molecule is COc1ccc(NS(=O)(=O)N2CCNCC2)cc1OC. The first-order valence-corrected chi connectivity index (χ1v) is 7.71. The topological polar surface area (TPSA) is 79.9 Å². The van der Waals surface area contributed by atoms with Crippen LogP contribution in [0.15, 0.2) is 18.2 Å². The van der Waals surface area contributed by atoms with Crippen LogP contribution in [-0.4, -0.2) is 53.1 Å². The summed E-state index contributed by atoms with van der Waals surface area (Å²) in [5, 5.41) is 3.11. The maximum Gasteiger partial charge on any atom is 0.301 e. The van der Waals surface area contributed by atoms with Gasteiger partial charge < -0.3 is 14.8 Å². The predicted octanol–water partition coefficient (Wildman–Crippen LogP) is 0.266. The fraction of sp³-hybridized carbons (Fsp3) is 0.500. The molecule has 20 heavy (non-hydrogen) atoms. The van der Waals surface area contributed by atoms with Crippen LogP contribution in [0.25, 0.3) is 0 Å². The molecular formula is C12H19N3O4S. The van der Waals surface area contributed by atoms with Crippen molar-refractivity contribution in [2.45, 2.75) is 0 Å².